The number of nitrogens with zero attached hydrogens (tertiary/aromatic N) is 3. The maximum absolute atomic E-state index is 11.5. The van der Waals surface area contributed by atoms with Crippen molar-refractivity contribution in [2.75, 3.05) is 0 Å². The third-order valence-electron chi connectivity index (χ3n) is 5.13. The van der Waals surface area contributed by atoms with Crippen LogP contribution in [-0.2, 0) is 12.8 Å². The van der Waals surface area contributed by atoms with Crippen LogP contribution in [0.2, 0.25) is 0 Å². The minimum absolute atomic E-state index is 0.313. The molecule has 0 aliphatic carbocycles. The maximum atomic E-state index is 11.5. The van der Waals surface area contributed by atoms with Gasteiger partial charge in [0.1, 0.15) is 0 Å². The van der Waals surface area contributed by atoms with Gasteiger partial charge in [-0.05, 0) is 47.7 Å². The second-order valence-corrected chi connectivity index (χ2v) is 7.13. The second-order valence-electron chi connectivity index (χ2n) is 7.13. The minimum Gasteiger partial charge on any atom is -0.478 e. The van der Waals surface area contributed by atoms with Crippen molar-refractivity contribution in [1.29, 1.82) is 0 Å². The van der Waals surface area contributed by atoms with Crippen molar-refractivity contribution in [2.24, 2.45) is 0 Å². The largest absolute Gasteiger partial charge is 0.478 e. The fraction of sp³-hybridized carbons (Fsp3) is 0.208. The number of carboxylic acid groups (broad SMARTS) is 1. The third-order valence-corrected chi connectivity index (χ3v) is 5.13. The molecule has 146 valence electrons. The van der Waals surface area contributed by atoms with E-state index in [4.69, 9.17) is 4.98 Å². The summed E-state index contributed by atoms with van der Waals surface area (Å²) >= 11 is 0. The second kappa shape index (κ2) is 8.27. The first-order valence-corrected chi connectivity index (χ1v) is 9.90. The Bertz CT molecular complexity index is 1150. The lowest BCUT2D eigenvalue weighted by atomic mass is 9.97. The Labute approximate surface area is 169 Å². The molecule has 0 saturated heterocycles. The van der Waals surface area contributed by atoms with Crippen LogP contribution in [0.25, 0.3) is 16.8 Å². The Morgan fingerprint density at radius 3 is 2.59 bits per heavy atom. The Hall–Kier alpha value is -3.47. The van der Waals surface area contributed by atoms with Crippen molar-refractivity contribution >= 4 is 11.6 Å². The van der Waals surface area contributed by atoms with E-state index in [0.29, 0.717) is 5.56 Å². The summed E-state index contributed by atoms with van der Waals surface area (Å²) in [6, 6.07) is 19.1. The standard InChI is InChI=1S/C24H23N3O2/c1-2-3-9-21-22(27-23(26-21)10-6-15-25-27)16-17-11-13-18(14-12-17)19-7-4-5-8-20(19)24(28)29/h4-8,10-15H,2-3,9,16H2,1H3,(H,28,29). The van der Waals surface area contributed by atoms with Gasteiger partial charge in [-0.25, -0.2) is 14.3 Å². The number of hydrogen-bond donors (Lipinski definition) is 1. The van der Waals surface area contributed by atoms with Gasteiger partial charge in [-0.3, -0.25) is 0 Å². The molecule has 0 atom stereocenters. The smallest absolute Gasteiger partial charge is 0.336 e. The van der Waals surface area contributed by atoms with Crippen LogP contribution in [0.5, 0.6) is 0 Å². The highest BCUT2D eigenvalue weighted by Gasteiger charge is 2.14. The van der Waals surface area contributed by atoms with Crippen molar-refractivity contribution in [3.05, 3.63) is 89.4 Å². The summed E-state index contributed by atoms with van der Waals surface area (Å²) in [6.07, 6.45) is 5.69. The van der Waals surface area contributed by atoms with Gasteiger partial charge in [-0.1, -0.05) is 55.8 Å². The fourth-order valence-corrected chi connectivity index (χ4v) is 3.62. The lowest BCUT2D eigenvalue weighted by Gasteiger charge is -2.08. The van der Waals surface area contributed by atoms with Crippen molar-refractivity contribution < 1.29 is 9.90 Å². The molecule has 0 aliphatic rings. The molecule has 0 unspecified atom stereocenters. The highest BCUT2D eigenvalue weighted by molar-refractivity contribution is 5.95. The van der Waals surface area contributed by atoms with Crippen molar-refractivity contribution in [3.63, 3.8) is 0 Å². The van der Waals surface area contributed by atoms with Crippen molar-refractivity contribution in [2.45, 2.75) is 32.6 Å². The van der Waals surface area contributed by atoms with Gasteiger partial charge in [0.2, 0.25) is 0 Å². The molecule has 5 nitrogen and oxygen atoms in total. The van der Waals surface area contributed by atoms with Gasteiger partial charge >= 0.3 is 5.97 Å². The van der Waals surface area contributed by atoms with Crippen molar-refractivity contribution in [1.82, 2.24) is 14.6 Å². The summed E-state index contributed by atoms with van der Waals surface area (Å²) in [7, 11) is 0. The molecule has 5 heteroatoms. The molecule has 0 bridgehead atoms. The Morgan fingerprint density at radius 2 is 1.83 bits per heavy atom. The molecular weight excluding hydrogens is 362 g/mol. The van der Waals surface area contributed by atoms with Gasteiger partial charge in [-0.15, -0.1) is 0 Å². The minimum atomic E-state index is -0.915. The van der Waals surface area contributed by atoms with E-state index in [1.807, 2.05) is 40.9 Å². The maximum Gasteiger partial charge on any atom is 0.336 e. The average molecular weight is 385 g/mol. The highest BCUT2D eigenvalue weighted by atomic mass is 16.4. The number of imidazole rings is 1. The van der Waals surface area contributed by atoms with Crippen LogP contribution in [0.15, 0.2) is 66.9 Å². The molecule has 0 fully saturated rings. The molecule has 0 aliphatic heterocycles. The van der Waals surface area contributed by atoms with E-state index >= 15 is 0 Å². The number of aryl methyl sites for hydroxylation is 1. The number of unbranched alkanes of at least 4 members (excludes halogenated alkanes) is 1. The molecule has 2 aromatic carbocycles. The van der Waals surface area contributed by atoms with Crippen molar-refractivity contribution in [3.8, 4) is 11.1 Å². The molecule has 4 rings (SSSR count). The monoisotopic (exact) mass is 385 g/mol. The molecule has 2 heterocycles. The Morgan fingerprint density at radius 1 is 1.03 bits per heavy atom. The van der Waals surface area contributed by atoms with Crippen LogP contribution in [0.3, 0.4) is 0 Å². The SMILES string of the molecule is CCCCc1nc2cccnn2c1Cc1ccc(-c2ccccc2C(=O)O)cc1. The first-order chi connectivity index (χ1) is 14.2. The zero-order valence-corrected chi connectivity index (χ0v) is 16.4. The first-order valence-electron chi connectivity index (χ1n) is 9.90. The number of fused-ring (bicyclic) bond motifs is 1. The Balaban J connectivity index is 1.66. The normalized spacial score (nSPS) is 11.1. The van der Waals surface area contributed by atoms with Gasteiger partial charge in [-0.2, -0.15) is 5.10 Å². The summed E-state index contributed by atoms with van der Waals surface area (Å²) in [4.78, 5) is 16.3. The lowest BCUT2D eigenvalue weighted by molar-refractivity contribution is 0.0697. The molecule has 29 heavy (non-hydrogen) atoms. The number of benzene rings is 2. The first kappa shape index (κ1) is 18.9. The number of carboxylic acids is 1. The average Bonchev–Trinajstić information content (AvgIpc) is 3.10. The highest BCUT2D eigenvalue weighted by Crippen LogP contribution is 2.25. The number of aromatic carboxylic acids is 1. The van der Waals surface area contributed by atoms with E-state index in [1.165, 1.54) is 0 Å². The van der Waals surface area contributed by atoms with Gasteiger partial charge in [0.25, 0.3) is 0 Å². The van der Waals surface area contributed by atoms with Gasteiger partial charge in [0, 0.05) is 12.6 Å². The predicted octanol–water partition coefficient (Wildman–Crippen LogP) is 5.03. The topological polar surface area (TPSA) is 67.5 Å². The number of carbonyl (C=O) groups is 1. The van der Waals surface area contributed by atoms with E-state index < -0.39 is 5.97 Å². The van der Waals surface area contributed by atoms with E-state index in [2.05, 4.69) is 24.2 Å². The molecular formula is C24H23N3O2. The van der Waals surface area contributed by atoms with E-state index in [1.54, 1.807) is 18.3 Å². The number of rotatable bonds is 7. The molecule has 0 spiro atoms. The molecule has 2 aromatic heterocycles. The quantitative estimate of drug-likeness (QED) is 0.485. The lowest BCUT2D eigenvalue weighted by Crippen LogP contribution is -2.02. The molecule has 0 saturated carbocycles. The molecule has 1 N–H and O–H groups in total. The van der Waals surface area contributed by atoms with E-state index in [9.17, 15) is 9.90 Å². The van der Waals surface area contributed by atoms with Crippen LogP contribution >= 0.6 is 0 Å². The van der Waals surface area contributed by atoms with E-state index in [0.717, 1.165) is 59.4 Å². The van der Waals surface area contributed by atoms with Gasteiger partial charge in [0.15, 0.2) is 5.65 Å². The molecule has 4 aromatic rings. The summed E-state index contributed by atoms with van der Waals surface area (Å²) in [5.74, 6) is -0.915. The summed E-state index contributed by atoms with van der Waals surface area (Å²) < 4.78 is 1.93. The molecule has 0 radical (unpaired) electrons. The predicted molar refractivity (Wildman–Crippen MR) is 113 cm³/mol. The van der Waals surface area contributed by atoms with Crippen LogP contribution in [0.4, 0.5) is 0 Å². The third kappa shape index (κ3) is 3.90. The van der Waals surface area contributed by atoms with Crippen LogP contribution in [-0.4, -0.2) is 25.7 Å². The summed E-state index contributed by atoms with van der Waals surface area (Å²) in [5.41, 5.74) is 6.18. The van der Waals surface area contributed by atoms with Crippen LogP contribution in [0.1, 0.15) is 47.1 Å². The van der Waals surface area contributed by atoms with Crippen LogP contribution < -0.4 is 0 Å². The summed E-state index contributed by atoms with van der Waals surface area (Å²) in [6.45, 7) is 2.18. The van der Waals surface area contributed by atoms with Gasteiger partial charge < -0.3 is 5.11 Å². The summed E-state index contributed by atoms with van der Waals surface area (Å²) in [5, 5.41) is 13.9. The molecule has 0 amide bonds. The van der Waals surface area contributed by atoms with Crippen LogP contribution in [0, 0.1) is 0 Å². The fourth-order valence-electron chi connectivity index (χ4n) is 3.62. The zero-order valence-electron chi connectivity index (χ0n) is 16.4. The number of hydrogen-bond acceptors (Lipinski definition) is 3. The Kier molecular flexibility index (Phi) is 5.38. The zero-order chi connectivity index (χ0) is 20.2. The van der Waals surface area contributed by atoms with E-state index in [-0.39, 0.29) is 0 Å². The number of aromatic nitrogens is 3. The van der Waals surface area contributed by atoms with Gasteiger partial charge in [0.05, 0.1) is 17.0 Å².